The van der Waals surface area contributed by atoms with E-state index >= 15 is 0 Å². The number of urea groups is 1. The molecule has 4 nitrogen and oxygen atoms in total. The lowest BCUT2D eigenvalue weighted by Gasteiger charge is -2.29. The molecule has 0 fully saturated rings. The number of hydrogen-bond acceptors (Lipinski definition) is 1. The fraction of sp³-hybridized carbons (Fsp3) is 0.211. The summed E-state index contributed by atoms with van der Waals surface area (Å²) in [6, 6.07) is 13.8. The summed E-state index contributed by atoms with van der Waals surface area (Å²) in [7, 11) is 2.00. The second-order valence-corrected chi connectivity index (χ2v) is 6.59. The molecule has 0 saturated heterocycles. The van der Waals surface area contributed by atoms with E-state index in [0.29, 0.717) is 13.1 Å². The average Bonchev–Trinajstić information content (AvgIpc) is 2.95. The van der Waals surface area contributed by atoms with Crippen LogP contribution in [0.3, 0.4) is 0 Å². The molecule has 1 N–H and O–H groups in total. The van der Waals surface area contributed by atoms with Crippen molar-refractivity contribution in [2.45, 2.75) is 13.0 Å². The minimum absolute atomic E-state index is 0.0748. The Morgan fingerprint density at radius 1 is 1.21 bits per heavy atom. The van der Waals surface area contributed by atoms with Gasteiger partial charge in [0.2, 0.25) is 0 Å². The highest BCUT2D eigenvalue weighted by Gasteiger charge is 2.22. The van der Waals surface area contributed by atoms with Crippen molar-refractivity contribution >= 4 is 34.2 Å². The third-order valence-electron chi connectivity index (χ3n) is 4.64. The van der Waals surface area contributed by atoms with E-state index in [2.05, 4.69) is 11.4 Å². The lowest BCUT2D eigenvalue weighted by Crippen LogP contribution is -2.38. The summed E-state index contributed by atoms with van der Waals surface area (Å²) >= 11 is 6.24. The third kappa shape index (κ3) is 2.63. The fourth-order valence-corrected chi connectivity index (χ4v) is 3.57. The van der Waals surface area contributed by atoms with Crippen LogP contribution in [-0.4, -0.2) is 22.0 Å². The van der Waals surface area contributed by atoms with E-state index in [1.165, 1.54) is 0 Å². The summed E-state index contributed by atoms with van der Waals surface area (Å²) in [6.45, 7) is 1.27. The van der Waals surface area contributed by atoms with E-state index < -0.39 is 0 Å². The summed E-state index contributed by atoms with van der Waals surface area (Å²) in [4.78, 5) is 14.4. The number of amides is 2. The highest BCUT2D eigenvalue weighted by Crippen LogP contribution is 2.26. The zero-order chi connectivity index (χ0) is 16.7. The molecule has 2 aromatic carbocycles. The van der Waals surface area contributed by atoms with Crippen LogP contribution in [0.1, 0.15) is 11.1 Å². The first-order valence-electron chi connectivity index (χ1n) is 7.99. The molecular weight excluding hydrogens is 322 g/mol. The van der Waals surface area contributed by atoms with Gasteiger partial charge in [0, 0.05) is 42.6 Å². The number of nitrogens with one attached hydrogen (secondary N) is 1. The normalized spacial score (nSPS) is 13.8. The van der Waals surface area contributed by atoms with Crippen LogP contribution in [0.25, 0.3) is 10.9 Å². The van der Waals surface area contributed by atoms with Crippen molar-refractivity contribution in [1.29, 1.82) is 0 Å². The van der Waals surface area contributed by atoms with E-state index in [1.807, 2.05) is 59.1 Å². The monoisotopic (exact) mass is 339 g/mol. The fourth-order valence-electron chi connectivity index (χ4n) is 3.28. The summed E-state index contributed by atoms with van der Waals surface area (Å²) < 4.78 is 2.05. The largest absolute Gasteiger partial charge is 0.350 e. The third-order valence-corrected chi connectivity index (χ3v) is 4.99. The number of carbonyl (C=O) groups is 1. The molecular formula is C19H18ClN3O. The Balaban J connectivity index is 1.52. The number of hydrogen-bond donors (Lipinski definition) is 1. The van der Waals surface area contributed by atoms with Gasteiger partial charge in [0.25, 0.3) is 0 Å². The minimum Gasteiger partial charge on any atom is -0.350 e. The number of fused-ring (bicyclic) bond motifs is 2. The van der Waals surface area contributed by atoms with Crippen molar-refractivity contribution < 1.29 is 4.79 Å². The molecule has 24 heavy (non-hydrogen) atoms. The zero-order valence-corrected chi connectivity index (χ0v) is 14.2. The van der Waals surface area contributed by atoms with Crippen LogP contribution < -0.4 is 5.32 Å². The van der Waals surface area contributed by atoms with Crippen LogP contribution in [0.4, 0.5) is 10.5 Å². The number of anilines is 1. The van der Waals surface area contributed by atoms with E-state index in [1.54, 1.807) is 0 Å². The highest BCUT2D eigenvalue weighted by molar-refractivity contribution is 6.31. The Hall–Kier alpha value is -2.46. The van der Waals surface area contributed by atoms with Gasteiger partial charge in [0.05, 0.1) is 0 Å². The van der Waals surface area contributed by atoms with Crippen LogP contribution in [0.5, 0.6) is 0 Å². The second-order valence-electron chi connectivity index (χ2n) is 6.18. The molecule has 3 aromatic rings. The maximum atomic E-state index is 12.6. The van der Waals surface area contributed by atoms with Gasteiger partial charge in [0.15, 0.2) is 0 Å². The van der Waals surface area contributed by atoms with E-state index in [9.17, 15) is 4.79 Å². The van der Waals surface area contributed by atoms with Crippen molar-refractivity contribution in [3.05, 3.63) is 64.8 Å². The zero-order valence-electron chi connectivity index (χ0n) is 13.4. The Labute approximate surface area is 145 Å². The van der Waals surface area contributed by atoms with Crippen molar-refractivity contribution in [2.75, 3.05) is 11.9 Å². The maximum absolute atomic E-state index is 12.6. The summed E-state index contributed by atoms with van der Waals surface area (Å²) in [6.07, 6.45) is 2.81. The van der Waals surface area contributed by atoms with Gasteiger partial charge in [-0.1, -0.05) is 29.8 Å². The first-order chi connectivity index (χ1) is 11.6. The molecule has 2 heterocycles. The van der Waals surface area contributed by atoms with Crippen molar-refractivity contribution in [3.63, 3.8) is 0 Å². The molecule has 1 aromatic heterocycles. The van der Waals surface area contributed by atoms with E-state index in [4.69, 9.17) is 11.6 Å². The Morgan fingerprint density at radius 2 is 2.08 bits per heavy atom. The molecule has 0 saturated carbocycles. The standard InChI is InChI=1S/C19H18ClN3O/c1-22-9-7-13-5-6-15(11-18(13)22)21-19(24)23-10-8-16-14(12-23)3-2-4-17(16)20/h2-7,9,11H,8,10,12H2,1H3,(H,21,24). The number of carbonyl (C=O) groups excluding carboxylic acids is 1. The molecule has 0 bridgehead atoms. The van der Waals surface area contributed by atoms with Crippen LogP contribution in [0, 0.1) is 0 Å². The lowest BCUT2D eigenvalue weighted by atomic mass is 10.00. The minimum atomic E-state index is -0.0748. The van der Waals surface area contributed by atoms with Gasteiger partial charge in [-0.2, -0.15) is 0 Å². The quantitative estimate of drug-likeness (QED) is 0.700. The molecule has 0 atom stereocenters. The number of nitrogens with zero attached hydrogens (tertiary/aromatic N) is 2. The predicted molar refractivity (Wildman–Crippen MR) is 97.5 cm³/mol. The van der Waals surface area contributed by atoms with Gasteiger partial charge in [-0.25, -0.2) is 4.79 Å². The molecule has 0 aliphatic carbocycles. The molecule has 1 aliphatic heterocycles. The van der Waals surface area contributed by atoms with Crippen LogP contribution in [-0.2, 0) is 20.0 Å². The Kier molecular flexibility index (Phi) is 3.69. The Bertz CT molecular complexity index is 932. The van der Waals surface area contributed by atoms with Gasteiger partial charge < -0.3 is 14.8 Å². The SMILES string of the molecule is Cn1ccc2ccc(NC(=O)N3CCc4c(Cl)cccc4C3)cc21. The molecule has 2 amide bonds. The molecule has 1 aliphatic rings. The topological polar surface area (TPSA) is 37.3 Å². The van der Waals surface area contributed by atoms with Crippen LogP contribution >= 0.6 is 11.6 Å². The van der Waals surface area contributed by atoms with E-state index in [-0.39, 0.29) is 6.03 Å². The van der Waals surface area contributed by atoms with Gasteiger partial charge in [-0.05, 0) is 47.2 Å². The number of aryl methyl sites for hydroxylation is 1. The molecule has 0 unspecified atom stereocenters. The second kappa shape index (κ2) is 5.87. The smallest absolute Gasteiger partial charge is 0.322 e. The van der Waals surface area contributed by atoms with Crippen molar-refractivity contribution in [2.24, 2.45) is 7.05 Å². The van der Waals surface area contributed by atoms with Gasteiger partial charge >= 0.3 is 6.03 Å². The molecule has 0 spiro atoms. The number of halogens is 1. The first kappa shape index (κ1) is 15.1. The number of aromatic nitrogens is 1. The summed E-state index contributed by atoms with van der Waals surface area (Å²) in [5.74, 6) is 0. The van der Waals surface area contributed by atoms with Crippen LogP contribution in [0.2, 0.25) is 5.02 Å². The van der Waals surface area contributed by atoms with Gasteiger partial charge in [-0.15, -0.1) is 0 Å². The summed E-state index contributed by atoms with van der Waals surface area (Å²) in [5.41, 5.74) is 4.20. The molecule has 122 valence electrons. The average molecular weight is 340 g/mol. The molecule has 5 heteroatoms. The Morgan fingerprint density at radius 3 is 2.96 bits per heavy atom. The molecule has 0 radical (unpaired) electrons. The number of benzene rings is 2. The molecule has 4 rings (SSSR count). The lowest BCUT2D eigenvalue weighted by molar-refractivity contribution is 0.206. The maximum Gasteiger partial charge on any atom is 0.322 e. The van der Waals surface area contributed by atoms with Gasteiger partial charge in [0.1, 0.15) is 0 Å². The summed E-state index contributed by atoms with van der Waals surface area (Å²) in [5, 5.41) is 4.96. The number of rotatable bonds is 1. The highest BCUT2D eigenvalue weighted by atomic mass is 35.5. The predicted octanol–water partition coefficient (Wildman–Crippen LogP) is 4.42. The van der Waals surface area contributed by atoms with Gasteiger partial charge in [-0.3, -0.25) is 0 Å². The van der Waals surface area contributed by atoms with Crippen molar-refractivity contribution in [1.82, 2.24) is 9.47 Å². The van der Waals surface area contributed by atoms with E-state index in [0.717, 1.165) is 39.2 Å². The first-order valence-corrected chi connectivity index (χ1v) is 8.37. The van der Waals surface area contributed by atoms with Crippen molar-refractivity contribution in [3.8, 4) is 0 Å². The van der Waals surface area contributed by atoms with Crippen LogP contribution in [0.15, 0.2) is 48.7 Å².